The highest BCUT2D eigenvalue weighted by molar-refractivity contribution is 7.51. The fourth-order valence-corrected chi connectivity index (χ4v) is 2.76. The van der Waals surface area contributed by atoms with Crippen LogP contribution in [0.25, 0.3) is 11.2 Å². The summed E-state index contributed by atoms with van der Waals surface area (Å²) in [7, 11) is -8.87. The highest BCUT2D eigenvalue weighted by Gasteiger charge is 2.21. The van der Waals surface area contributed by atoms with Gasteiger partial charge < -0.3 is 29.5 Å². The number of anilines is 1. The summed E-state index contributed by atoms with van der Waals surface area (Å²) in [6, 6.07) is 0. The summed E-state index contributed by atoms with van der Waals surface area (Å²) >= 11 is 0. The zero-order valence-electron chi connectivity index (χ0n) is 11.8. The van der Waals surface area contributed by atoms with E-state index < -0.39 is 27.8 Å². The molecule has 0 unspecified atom stereocenters. The average molecular weight is 367 g/mol. The smallest absolute Gasteiger partial charge is 0.357 e. The summed E-state index contributed by atoms with van der Waals surface area (Å²) < 4.78 is 27.7. The van der Waals surface area contributed by atoms with Crippen molar-refractivity contribution in [2.75, 3.05) is 11.6 Å². The highest BCUT2D eigenvalue weighted by Crippen LogP contribution is 2.38. The Kier molecular flexibility index (Phi) is 5.17. The molecule has 0 saturated heterocycles. The van der Waals surface area contributed by atoms with Crippen molar-refractivity contribution in [2.24, 2.45) is 0 Å². The molecule has 2 rings (SSSR count). The van der Waals surface area contributed by atoms with E-state index in [0.29, 0.717) is 5.65 Å². The number of imidazole rings is 1. The van der Waals surface area contributed by atoms with Crippen LogP contribution in [0.2, 0.25) is 0 Å². The Morgan fingerprint density at radius 2 is 1.96 bits per heavy atom. The maximum atomic E-state index is 10.9. The van der Waals surface area contributed by atoms with Crippen LogP contribution in [-0.2, 0) is 20.2 Å². The van der Waals surface area contributed by atoms with Crippen LogP contribution in [0.1, 0.15) is 6.92 Å². The molecule has 5 N–H and O–H groups in total. The number of rotatable bonds is 7. The van der Waals surface area contributed by atoms with Gasteiger partial charge >= 0.3 is 15.4 Å². The van der Waals surface area contributed by atoms with Gasteiger partial charge in [-0.05, 0) is 6.92 Å². The van der Waals surface area contributed by atoms with E-state index in [-0.39, 0.29) is 17.9 Å². The second-order valence-electron chi connectivity index (χ2n) is 4.70. The summed E-state index contributed by atoms with van der Waals surface area (Å²) in [6.45, 7) is 1.54. The van der Waals surface area contributed by atoms with Crippen molar-refractivity contribution in [2.45, 2.75) is 19.6 Å². The van der Waals surface area contributed by atoms with Crippen LogP contribution in [0, 0.1) is 0 Å². The van der Waals surface area contributed by atoms with E-state index in [1.807, 2.05) is 0 Å². The number of hydrogen-bond donors (Lipinski definition) is 5. The van der Waals surface area contributed by atoms with E-state index in [9.17, 15) is 9.13 Å². The first-order valence-corrected chi connectivity index (χ1v) is 9.56. The van der Waals surface area contributed by atoms with Gasteiger partial charge in [0.05, 0.1) is 19.0 Å². The van der Waals surface area contributed by atoms with Crippen molar-refractivity contribution in [1.29, 1.82) is 0 Å². The molecule has 128 valence electrons. The molecule has 0 saturated carbocycles. The second-order valence-corrected chi connectivity index (χ2v) is 7.54. The van der Waals surface area contributed by atoms with Crippen molar-refractivity contribution < 1.29 is 33.2 Å². The molecule has 0 radical (unpaired) electrons. The van der Waals surface area contributed by atoms with E-state index in [1.165, 1.54) is 24.1 Å². The molecule has 0 aliphatic carbocycles. The number of aromatic nitrogens is 4. The van der Waals surface area contributed by atoms with Gasteiger partial charge in [0.1, 0.15) is 18.1 Å². The summed E-state index contributed by atoms with van der Waals surface area (Å²) in [5.74, 6) is 0.139. The minimum absolute atomic E-state index is 0.0660. The lowest BCUT2D eigenvalue weighted by atomic mass is 10.4. The highest BCUT2D eigenvalue weighted by atomic mass is 31.2. The molecular formula is C9H15N5O7P2. The van der Waals surface area contributed by atoms with Gasteiger partial charge in [-0.2, -0.15) is 0 Å². The molecule has 1 atom stereocenters. The molecule has 2 aromatic rings. The number of fused-ring (bicyclic) bond motifs is 1. The number of hydrogen-bond acceptors (Lipinski definition) is 7. The predicted molar refractivity (Wildman–Crippen MR) is 78.4 cm³/mol. The van der Waals surface area contributed by atoms with Crippen molar-refractivity contribution in [3.05, 3.63) is 12.7 Å². The molecule has 2 heterocycles. The Balaban J connectivity index is 2.21. The minimum Gasteiger partial charge on any atom is -0.357 e. The first-order valence-electron chi connectivity index (χ1n) is 6.23. The van der Waals surface area contributed by atoms with E-state index in [4.69, 9.17) is 19.6 Å². The van der Waals surface area contributed by atoms with Crippen LogP contribution in [0.15, 0.2) is 12.7 Å². The van der Waals surface area contributed by atoms with Crippen molar-refractivity contribution in [1.82, 2.24) is 19.5 Å². The van der Waals surface area contributed by atoms with Crippen molar-refractivity contribution in [3.63, 3.8) is 0 Å². The Morgan fingerprint density at radius 3 is 2.57 bits per heavy atom. The molecule has 0 aromatic carbocycles. The van der Waals surface area contributed by atoms with Crippen molar-refractivity contribution in [3.8, 4) is 0 Å². The number of phosphoric acid groups is 1. The van der Waals surface area contributed by atoms with E-state index in [0.717, 1.165) is 0 Å². The molecule has 0 aliphatic rings. The zero-order valence-corrected chi connectivity index (χ0v) is 13.6. The molecule has 14 heteroatoms. The molecular weight excluding hydrogens is 352 g/mol. The van der Waals surface area contributed by atoms with Crippen LogP contribution in [0.4, 0.5) is 5.82 Å². The standard InChI is InChI=1S/C9H15N5O7P2/c1-6(21-23(18,19)20)2-14-4-12-7-8(10-3-11-9(7)14)13-5-22(15,16)17/h3-4,6H,2,5H2,1H3,(H,10,11,13)(H2,15,16,17)(H2,18,19,20)/t6-/m1/s1. The first kappa shape index (κ1) is 18.0. The zero-order chi connectivity index (χ0) is 17.3. The van der Waals surface area contributed by atoms with Gasteiger partial charge in [0.15, 0.2) is 11.5 Å². The number of nitrogens with one attached hydrogen (secondary N) is 1. The van der Waals surface area contributed by atoms with Crippen LogP contribution in [0.5, 0.6) is 0 Å². The van der Waals surface area contributed by atoms with Crippen LogP contribution < -0.4 is 5.32 Å². The lowest BCUT2D eigenvalue weighted by Crippen LogP contribution is -2.15. The molecule has 2 aromatic heterocycles. The molecule has 12 nitrogen and oxygen atoms in total. The Morgan fingerprint density at radius 1 is 1.26 bits per heavy atom. The quantitative estimate of drug-likeness (QED) is 0.411. The fraction of sp³-hybridized carbons (Fsp3) is 0.444. The summed E-state index contributed by atoms with van der Waals surface area (Å²) in [5.41, 5.74) is 0.596. The third-order valence-electron chi connectivity index (χ3n) is 2.62. The maximum Gasteiger partial charge on any atom is 0.469 e. The van der Waals surface area contributed by atoms with Gasteiger partial charge in [0, 0.05) is 0 Å². The van der Waals surface area contributed by atoms with Gasteiger partial charge in [-0.25, -0.2) is 19.5 Å². The minimum atomic E-state index is -4.60. The maximum absolute atomic E-state index is 10.9. The summed E-state index contributed by atoms with van der Waals surface area (Å²) in [4.78, 5) is 47.2. The van der Waals surface area contributed by atoms with E-state index >= 15 is 0 Å². The summed E-state index contributed by atoms with van der Waals surface area (Å²) in [6.07, 6.45) is 1.12. The lowest BCUT2D eigenvalue weighted by Gasteiger charge is -2.14. The predicted octanol–water partition coefficient (Wildman–Crippen LogP) is -0.129. The monoisotopic (exact) mass is 367 g/mol. The lowest BCUT2D eigenvalue weighted by molar-refractivity contribution is 0.133. The summed E-state index contributed by atoms with van der Waals surface area (Å²) in [5, 5.41) is 2.49. The molecule has 0 amide bonds. The van der Waals surface area contributed by atoms with E-state index in [2.05, 4.69) is 24.8 Å². The van der Waals surface area contributed by atoms with E-state index in [1.54, 1.807) is 0 Å². The topological polar surface area (TPSA) is 180 Å². The van der Waals surface area contributed by atoms with Gasteiger partial charge in [0.25, 0.3) is 0 Å². The van der Waals surface area contributed by atoms with Crippen LogP contribution in [-0.4, -0.2) is 51.5 Å². The van der Waals surface area contributed by atoms with Crippen LogP contribution in [0.3, 0.4) is 0 Å². The van der Waals surface area contributed by atoms with Gasteiger partial charge in [-0.1, -0.05) is 0 Å². The van der Waals surface area contributed by atoms with Gasteiger partial charge in [0.2, 0.25) is 0 Å². The molecule has 0 aliphatic heterocycles. The van der Waals surface area contributed by atoms with Crippen LogP contribution >= 0.6 is 15.4 Å². The fourth-order valence-electron chi connectivity index (χ4n) is 1.87. The normalized spacial score (nSPS) is 14.1. The number of phosphoric ester groups is 1. The van der Waals surface area contributed by atoms with Gasteiger partial charge in [-0.15, -0.1) is 0 Å². The average Bonchev–Trinajstić information content (AvgIpc) is 2.77. The third kappa shape index (κ3) is 5.33. The largest absolute Gasteiger partial charge is 0.469 e. The Hall–Kier alpha value is -1.39. The second kappa shape index (κ2) is 6.62. The Bertz CT molecular complexity index is 784. The first-order chi connectivity index (χ1) is 10.6. The number of nitrogens with zero attached hydrogens (tertiary/aromatic N) is 4. The molecule has 0 spiro atoms. The van der Waals surface area contributed by atoms with Crippen molar-refractivity contribution >= 4 is 32.4 Å². The Labute approximate surface area is 130 Å². The molecule has 0 bridgehead atoms. The van der Waals surface area contributed by atoms with Gasteiger partial charge in [-0.3, -0.25) is 9.09 Å². The SMILES string of the molecule is C[C@H](Cn1cnc2c(NCP(=O)(O)O)ncnc21)OP(=O)(O)O. The molecule has 0 fully saturated rings. The molecule has 23 heavy (non-hydrogen) atoms. The third-order valence-corrected chi connectivity index (χ3v) is 3.83.